The van der Waals surface area contributed by atoms with E-state index in [9.17, 15) is 19.5 Å². The van der Waals surface area contributed by atoms with Crippen LogP contribution in [0.15, 0.2) is 12.2 Å². The van der Waals surface area contributed by atoms with Crippen molar-refractivity contribution in [1.82, 2.24) is 9.80 Å². The molecule has 7 aliphatic rings. The van der Waals surface area contributed by atoms with Gasteiger partial charge in [-0.15, -0.1) is 0 Å². The number of nitrogens with zero attached hydrogens (tertiary/aromatic N) is 2. The number of carboxylic acid groups (broad SMARTS) is 1. The number of carboxylic acids is 1. The molecule has 1 N–H and O–H groups in total. The van der Waals surface area contributed by atoms with Gasteiger partial charge in [-0.3, -0.25) is 19.3 Å². The first-order valence-corrected chi connectivity index (χ1v) is 22.4. The third-order valence-corrected chi connectivity index (χ3v) is 18.6. The second-order valence-corrected chi connectivity index (χ2v) is 22.2. The molecular formula is C47H76N2O6. The quantitative estimate of drug-likeness (QED) is 0.185. The molecule has 0 spiro atoms. The van der Waals surface area contributed by atoms with Crippen molar-refractivity contribution in [2.45, 2.75) is 164 Å². The third kappa shape index (κ3) is 7.05. The lowest BCUT2D eigenvalue weighted by Gasteiger charge is -2.73. The van der Waals surface area contributed by atoms with Crippen LogP contribution in [-0.2, 0) is 23.9 Å². The summed E-state index contributed by atoms with van der Waals surface area (Å²) in [7, 11) is 0. The zero-order chi connectivity index (χ0) is 39.8. The van der Waals surface area contributed by atoms with E-state index in [1.807, 2.05) is 13.8 Å². The van der Waals surface area contributed by atoms with E-state index in [0.717, 1.165) is 84.3 Å². The van der Waals surface area contributed by atoms with E-state index in [1.54, 1.807) is 0 Å². The summed E-state index contributed by atoms with van der Waals surface area (Å²) >= 11 is 0. The summed E-state index contributed by atoms with van der Waals surface area (Å²) < 4.78 is 11.9. The molecule has 2 heterocycles. The Hall–Kier alpha value is -1.93. The van der Waals surface area contributed by atoms with Crippen LogP contribution in [0.2, 0.25) is 0 Å². The second-order valence-electron chi connectivity index (χ2n) is 22.2. The summed E-state index contributed by atoms with van der Waals surface area (Å²) in [5.41, 5.74) is 1.20. The Kier molecular flexibility index (Phi) is 11.0. The van der Waals surface area contributed by atoms with Gasteiger partial charge in [0.25, 0.3) is 0 Å². The number of carbonyl (C=O) groups excluding carboxylic acids is 2. The number of hydrogen-bond acceptors (Lipinski definition) is 6. The molecule has 7 rings (SSSR count). The number of piperidine rings is 1. The number of morpholine rings is 1. The number of ether oxygens (including phenoxy) is 2. The van der Waals surface area contributed by atoms with Crippen molar-refractivity contribution in [2.75, 3.05) is 39.4 Å². The molecule has 0 radical (unpaired) electrons. The van der Waals surface area contributed by atoms with Crippen LogP contribution in [0.3, 0.4) is 0 Å². The fraction of sp³-hybridized carbons (Fsp3) is 0.894. The number of esters is 1. The topological polar surface area (TPSA) is 96.4 Å². The van der Waals surface area contributed by atoms with Gasteiger partial charge in [0.15, 0.2) is 0 Å². The second kappa shape index (κ2) is 14.7. The zero-order valence-corrected chi connectivity index (χ0v) is 36.0. The fourth-order valence-corrected chi connectivity index (χ4v) is 15.7. The van der Waals surface area contributed by atoms with Crippen LogP contribution < -0.4 is 0 Å². The third-order valence-electron chi connectivity index (χ3n) is 18.6. The SMILES string of the molecule is C=C(C)[C@@H]1CC[C@]2(CC(=O)N3CCC(N4CCOCC4)CC3)CC[C@]3(C)[C@H](CC[C@@H]4[C@@]5(C)CC[C@H](OC(=O)CC(C)(C)CC(=O)O)C(C)(C)[C@@H]5CC[C@]43C)[C@@H]12. The molecule has 0 aromatic carbocycles. The van der Waals surface area contributed by atoms with Crippen LogP contribution in [0.5, 0.6) is 0 Å². The molecule has 1 amide bonds. The van der Waals surface area contributed by atoms with Crippen molar-refractivity contribution in [2.24, 2.45) is 62.1 Å². The van der Waals surface area contributed by atoms with Gasteiger partial charge >= 0.3 is 11.9 Å². The number of likely N-dealkylation sites (tertiary alicyclic amines) is 1. The Morgan fingerprint density at radius 1 is 0.800 bits per heavy atom. The molecule has 8 heteroatoms. The van der Waals surface area contributed by atoms with E-state index in [0.29, 0.717) is 41.5 Å². The Morgan fingerprint density at radius 2 is 1.49 bits per heavy atom. The van der Waals surface area contributed by atoms with Crippen molar-refractivity contribution < 1.29 is 29.0 Å². The van der Waals surface area contributed by atoms with Crippen molar-refractivity contribution >= 4 is 17.8 Å². The van der Waals surface area contributed by atoms with E-state index in [2.05, 4.69) is 57.9 Å². The Bertz CT molecular complexity index is 1490. The van der Waals surface area contributed by atoms with Gasteiger partial charge in [-0.2, -0.15) is 0 Å². The summed E-state index contributed by atoms with van der Waals surface area (Å²) in [4.78, 5) is 43.9. The van der Waals surface area contributed by atoms with Gasteiger partial charge in [-0.1, -0.05) is 60.6 Å². The predicted molar refractivity (Wildman–Crippen MR) is 216 cm³/mol. The molecular weight excluding hydrogens is 689 g/mol. The van der Waals surface area contributed by atoms with Gasteiger partial charge in [0.2, 0.25) is 5.91 Å². The molecule has 2 aliphatic heterocycles. The highest BCUT2D eigenvalue weighted by molar-refractivity contribution is 5.77. The van der Waals surface area contributed by atoms with Crippen molar-refractivity contribution in [3.05, 3.63) is 12.2 Å². The van der Waals surface area contributed by atoms with E-state index in [4.69, 9.17) is 9.47 Å². The van der Waals surface area contributed by atoms with Crippen LogP contribution >= 0.6 is 0 Å². The molecule has 310 valence electrons. The first-order chi connectivity index (χ1) is 25.8. The number of amides is 1. The van der Waals surface area contributed by atoms with Gasteiger partial charge in [-0.05, 0) is 141 Å². The van der Waals surface area contributed by atoms with Crippen LogP contribution in [0, 0.1) is 62.1 Å². The van der Waals surface area contributed by atoms with Gasteiger partial charge in [0.05, 0.1) is 26.1 Å². The molecule has 8 nitrogen and oxygen atoms in total. The fourth-order valence-electron chi connectivity index (χ4n) is 15.7. The summed E-state index contributed by atoms with van der Waals surface area (Å²) in [5.74, 6) is 1.97. The molecule has 0 aromatic rings. The highest BCUT2D eigenvalue weighted by Crippen LogP contribution is 2.78. The largest absolute Gasteiger partial charge is 0.481 e. The Balaban J connectivity index is 1.07. The molecule has 0 bridgehead atoms. The van der Waals surface area contributed by atoms with E-state index >= 15 is 0 Å². The van der Waals surface area contributed by atoms with Crippen LogP contribution in [0.25, 0.3) is 0 Å². The maximum absolute atomic E-state index is 14.4. The number of rotatable bonds is 9. The average Bonchev–Trinajstić information content (AvgIpc) is 3.49. The Morgan fingerprint density at radius 3 is 2.15 bits per heavy atom. The lowest BCUT2D eigenvalue weighted by Crippen LogP contribution is -2.67. The van der Waals surface area contributed by atoms with E-state index < -0.39 is 11.4 Å². The van der Waals surface area contributed by atoms with Crippen molar-refractivity contribution in [3.63, 3.8) is 0 Å². The van der Waals surface area contributed by atoms with E-state index in [1.165, 1.54) is 44.1 Å². The number of carbonyl (C=O) groups is 3. The molecule has 10 atom stereocenters. The maximum Gasteiger partial charge on any atom is 0.306 e. The lowest BCUT2D eigenvalue weighted by atomic mass is 9.32. The minimum absolute atomic E-state index is 0.0448. The minimum Gasteiger partial charge on any atom is -0.481 e. The molecule has 0 unspecified atom stereocenters. The molecule has 0 aromatic heterocycles. The zero-order valence-electron chi connectivity index (χ0n) is 36.0. The maximum atomic E-state index is 14.4. The van der Waals surface area contributed by atoms with Crippen LogP contribution in [0.1, 0.15) is 152 Å². The lowest BCUT2D eigenvalue weighted by molar-refractivity contribution is -0.250. The molecule has 55 heavy (non-hydrogen) atoms. The normalized spacial score (nSPS) is 42.0. The number of fused-ring (bicyclic) bond motifs is 7. The smallest absolute Gasteiger partial charge is 0.306 e. The van der Waals surface area contributed by atoms with Crippen LogP contribution in [-0.4, -0.2) is 84.3 Å². The summed E-state index contributed by atoms with van der Waals surface area (Å²) in [6.45, 7) is 28.7. The molecule has 2 saturated heterocycles. The minimum atomic E-state index is -0.879. The van der Waals surface area contributed by atoms with Crippen LogP contribution in [0.4, 0.5) is 0 Å². The van der Waals surface area contributed by atoms with Crippen molar-refractivity contribution in [3.8, 4) is 0 Å². The van der Waals surface area contributed by atoms with Gasteiger partial charge in [0, 0.05) is 44.1 Å². The summed E-state index contributed by atoms with van der Waals surface area (Å²) in [5, 5.41) is 9.38. The number of hydrogen-bond donors (Lipinski definition) is 1. The first kappa shape index (κ1) is 41.2. The first-order valence-electron chi connectivity index (χ1n) is 22.4. The monoisotopic (exact) mass is 765 g/mol. The summed E-state index contributed by atoms with van der Waals surface area (Å²) in [6.07, 6.45) is 14.3. The highest BCUT2D eigenvalue weighted by Gasteiger charge is 2.71. The molecule has 5 saturated carbocycles. The van der Waals surface area contributed by atoms with Gasteiger partial charge in [-0.25, -0.2) is 0 Å². The molecule has 7 fully saturated rings. The molecule has 5 aliphatic carbocycles. The highest BCUT2D eigenvalue weighted by atomic mass is 16.5. The number of allylic oxidation sites excluding steroid dienone is 1. The van der Waals surface area contributed by atoms with Gasteiger partial charge < -0.3 is 19.5 Å². The van der Waals surface area contributed by atoms with E-state index in [-0.39, 0.29) is 52.0 Å². The van der Waals surface area contributed by atoms with Crippen molar-refractivity contribution in [1.29, 1.82) is 0 Å². The number of aliphatic carboxylic acids is 1. The predicted octanol–water partition coefficient (Wildman–Crippen LogP) is 9.16. The Labute approximate surface area is 333 Å². The summed E-state index contributed by atoms with van der Waals surface area (Å²) in [6, 6.07) is 0.583. The standard InChI is InChI=1S/C47H76N2O6/c1-31(2)33-12-19-47(28-38(50)49-22-15-32(16-23-49)48-24-26-54-27-25-48)21-20-45(8)34(41(33)47)10-11-36-44(7)17-14-37(43(5,6)35(44)13-18-46(36,45)9)55-40(53)30-42(3,4)29-39(51)52/h32-37,41H,1,10-30H2,2-9H3,(H,51,52)/t33-,34+,35-,36+,37-,41+,44-,45+,46+,47+/m0/s1. The van der Waals surface area contributed by atoms with Gasteiger partial charge in [0.1, 0.15) is 6.10 Å². The average molecular weight is 765 g/mol.